The van der Waals surface area contributed by atoms with Crippen molar-refractivity contribution in [3.05, 3.63) is 70.8 Å². The summed E-state index contributed by atoms with van der Waals surface area (Å²) < 4.78 is 13.3. The van der Waals surface area contributed by atoms with E-state index >= 15 is 0 Å². The van der Waals surface area contributed by atoms with Crippen molar-refractivity contribution in [2.75, 3.05) is 25.5 Å². The van der Waals surface area contributed by atoms with Gasteiger partial charge in [-0.1, -0.05) is 36.4 Å². The summed E-state index contributed by atoms with van der Waals surface area (Å²) in [6.07, 6.45) is 2.25. The number of ether oxygens (including phenoxy) is 2. The number of aryl methyl sites for hydroxylation is 1. The molecule has 8 heteroatoms. The first-order valence-electron chi connectivity index (χ1n) is 12.1. The Morgan fingerprint density at radius 1 is 1.17 bits per heavy atom. The quantitative estimate of drug-likeness (QED) is 0.457. The van der Waals surface area contributed by atoms with Gasteiger partial charge in [-0.15, -0.1) is 5.10 Å². The number of amides is 2. The highest BCUT2D eigenvalue weighted by Crippen LogP contribution is 2.46. The Morgan fingerprint density at radius 3 is 2.63 bits per heavy atom. The molecule has 3 aromatic rings. The van der Waals surface area contributed by atoms with Crippen molar-refractivity contribution in [3.63, 3.8) is 0 Å². The third kappa shape index (κ3) is 4.90. The van der Waals surface area contributed by atoms with E-state index in [1.54, 1.807) is 11.8 Å². The predicted molar refractivity (Wildman–Crippen MR) is 135 cm³/mol. The summed E-state index contributed by atoms with van der Waals surface area (Å²) in [5.74, 6) is 1.17. The highest BCUT2D eigenvalue weighted by atomic mass is 16.5. The lowest BCUT2D eigenvalue weighted by Gasteiger charge is -2.53. The number of rotatable bonds is 8. The van der Waals surface area contributed by atoms with Crippen LogP contribution in [0.3, 0.4) is 0 Å². The van der Waals surface area contributed by atoms with E-state index in [9.17, 15) is 4.79 Å². The first-order chi connectivity index (χ1) is 17.0. The number of methoxy groups -OCH3 is 1. The molecule has 35 heavy (non-hydrogen) atoms. The molecular formula is C27H33N5O3. The SMILES string of the molecule is COCc1ccc(C)c(CNC(=O)Nc2c(C)c(OC3CC4(CNC4)C3)nn2-c2ccccc2)c1. The Kier molecular flexibility index (Phi) is 6.49. The van der Waals surface area contributed by atoms with Crippen LogP contribution >= 0.6 is 0 Å². The van der Waals surface area contributed by atoms with Gasteiger partial charge in [-0.25, -0.2) is 9.48 Å². The Bertz CT molecular complexity index is 1200. The molecule has 1 spiro atoms. The zero-order chi connectivity index (χ0) is 24.4. The van der Waals surface area contributed by atoms with Crippen molar-refractivity contribution in [3.8, 4) is 11.6 Å². The maximum atomic E-state index is 12.9. The minimum atomic E-state index is -0.295. The minimum absolute atomic E-state index is 0.166. The van der Waals surface area contributed by atoms with Crippen LogP contribution in [0.5, 0.6) is 5.88 Å². The van der Waals surface area contributed by atoms with Crippen LogP contribution in [0.1, 0.15) is 35.1 Å². The number of hydrogen-bond donors (Lipinski definition) is 3. The van der Waals surface area contributed by atoms with E-state index in [4.69, 9.17) is 14.6 Å². The van der Waals surface area contributed by atoms with Crippen molar-refractivity contribution < 1.29 is 14.3 Å². The van der Waals surface area contributed by atoms with Gasteiger partial charge in [-0.3, -0.25) is 5.32 Å². The molecule has 2 aliphatic rings. The van der Waals surface area contributed by atoms with Gasteiger partial charge >= 0.3 is 6.03 Å². The molecule has 1 aliphatic carbocycles. The summed E-state index contributed by atoms with van der Waals surface area (Å²) in [6, 6.07) is 15.6. The van der Waals surface area contributed by atoms with Gasteiger partial charge in [0.1, 0.15) is 11.9 Å². The molecule has 184 valence electrons. The summed E-state index contributed by atoms with van der Waals surface area (Å²) in [5.41, 5.74) is 5.33. The molecule has 1 saturated heterocycles. The number of urea groups is 1. The number of benzene rings is 2. The second-order valence-corrected chi connectivity index (χ2v) is 9.78. The van der Waals surface area contributed by atoms with Gasteiger partial charge in [0.15, 0.2) is 0 Å². The van der Waals surface area contributed by atoms with Crippen LogP contribution in [0, 0.1) is 19.3 Å². The van der Waals surface area contributed by atoms with Gasteiger partial charge < -0.3 is 20.1 Å². The van der Waals surface area contributed by atoms with Crippen LogP contribution in [0.2, 0.25) is 0 Å². The van der Waals surface area contributed by atoms with Crippen LogP contribution in [0.15, 0.2) is 48.5 Å². The molecule has 2 amide bonds. The van der Waals surface area contributed by atoms with Gasteiger partial charge in [0.05, 0.1) is 17.9 Å². The number of aromatic nitrogens is 2. The average molecular weight is 476 g/mol. The molecule has 1 aromatic heterocycles. The molecule has 8 nitrogen and oxygen atoms in total. The molecule has 0 unspecified atom stereocenters. The summed E-state index contributed by atoms with van der Waals surface area (Å²) in [6.45, 7) is 7.07. The first-order valence-corrected chi connectivity index (χ1v) is 12.1. The summed E-state index contributed by atoms with van der Waals surface area (Å²) >= 11 is 0. The maximum absolute atomic E-state index is 12.9. The standard InChI is InChI=1S/C27H33N5O3/c1-18-9-10-20(15-34-3)11-21(18)14-29-26(33)30-24-19(2)25(31-32(24)22-7-5-4-6-8-22)35-23-12-27(13-23)16-28-17-27/h4-11,23,28H,12-17H2,1-3H3,(H2,29,30,33). The molecule has 1 saturated carbocycles. The largest absolute Gasteiger partial charge is 0.473 e. The lowest BCUT2D eigenvalue weighted by atomic mass is 9.63. The smallest absolute Gasteiger partial charge is 0.320 e. The summed E-state index contributed by atoms with van der Waals surface area (Å²) in [5, 5.41) is 14.1. The number of nitrogens with zero attached hydrogens (tertiary/aromatic N) is 2. The number of anilines is 1. The van der Waals surface area contributed by atoms with E-state index < -0.39 is 0 Å². The van der Waals surface area contributed by atoms with Crippen LogP contribution in [0.4, 0.5) is 10.6 Å². The predicted octanol–water partition coefficient (Wildman–Crippen LogP) is 4.09. The van der Waals surface area contributed by atoms with E-state index in [1.807, 2.05) is 56.3 Å². The van der Waals surface area contributed by atoms with Crippen molar-refractivity contribution in [2.24, 2.45) is 5.41 Å². The minimum Gasteiger partial charge on any atom is -0.473 e. The second kappa shape index (κ2) is 9.71. The van der Waals surface area contributed by atoms with Crippen LogP contribution in [0.25, 0.3) is 5.69 Å². The van der Waals surface area contributed by atoms with Crippen molar-refractivity contribution in [2.45, 2.75) is 45.9 Å². The van der Waals surface area contributed by atoms with E-state index in [2.05, 4.69) is 22.0 Å². The summed E-state index contributed by atoms with van der Waals surface area (Å²) in [4.78, 5) is 12.9. The molecule has 5 rings (SSSR count). The van der Waals surface area contributed by atoms with Gasteiger partial charge in [0.2, 0.25) is 5.88 Å². The lowest BCUT2D eigenvalue weighted by molar-refractivity contribution is -0.0516. The van der Waals surface area contributed by atoms with Gasteiger partial charge in [-0.2, -0.15) is 0 Å². The number of nitrogens with one attached hydrogen (secondary N) is 3. The molecule has 2 fully saturated rings. The number of carbonyl (C=O) groups is 1. The normalized spacial score (nSPS) is 16.4. The van der Waals surface area contributed by atoms with E-state index in [1.165, 1.54) is 0 Å². The molecule has 1 aliphatic heterocycles. The van der Waals surface area contributed by atoms with Crippen LogP contribution < -0.4 is 20.7 Å². The zero-order valence-electron chi connectivity index (χ0n) is 20.6. The van der Waals surface area contributed by atoms with Crippen molar-refractivity contribution >= 4 is 11.8 Å². The highest BCUT2D eigenvalue weighted by molar-refractivity contribution is 5.89. The van der Waals surface area contributed by atoms with E-state index in [-0.39, 0.29) is 12.1 Å². The Hall–Kier alpha value is -3.36. The zero-order valence-corrected chi connectivity index (χ0v) is 20.6. The molecule has 0 atom stereocenters. The highest BCUT2D eigenvalue weighted by Gasteiger charge is 2.50. The second-order valence-electron chi connectivity index (χ2n) is 9.78. The van der Waals surface area contributed by atoms with E-state index in [0.29, 0.717) is 30.3 Å². The molecule has 2 heterocycles. The fourth-order valence-corrected chi connectivity index (χ4v) is 4.90. The fourth-order valence-electron chi connectivity index (χ4n) is 4.90. The van der Waals surface area contributed by atoms with Crippen LogP contribution in [-0.4, -0.2) is 42.1 Å². The van der Waals surface area contributed by atoms with Crippen LogP contribution in [-0.2, 0) is 17.9 Å². The number of para-hydroxylation sites is 1. The van der Waals surface area contributed by atoms with Crippen molar-refractivity contribution in [1.82, 2.24) is 20.4 Å². The van der Waals surface area contributed by atoms with Crippen molar-refractivity contribution in [1.29, 1.82) is 0 Å². The molecular weight excluding hydrogens is 442 g/mol. The monoisotopic (exact) mass is 475 g/mol. The lowest BCUT2D eigenvalue weighted by Crippen LogP contribution is -2.62. The molecule has 0 radical (unpaired) electrons. The third-order valence-corrected chi connectivity index (χ3v) is 7.07. The third-order valence-electron chi connectivity index (χ3n) is 7.07. The first kappa shape index (κ1) is 23.4. The Balaban J connectivity index is 1.31. The topological polar surface area (TPSA) is 89.4 Å². The maximum Gasteiger partial charge on any atom is 0.320 e. The van der Waals surface area contributed by atoms with Gasteiger partial charge in [0.25, 0.3) is 0 Å². The molecule has 3 N–H and O–H groups in total. The molecule has 0 bridgehead atoms. The Morgan fingerprint density at radius 2 is 1.94 bits per heavy atom. The number of carbonyl (C=O) groups excluding carboxylic acids is 1. The average Bonchev–Trinajstić information content (AvgIpc) is 3.10. The van der Waals surface area contributed by atoms with Gasteiger partial charge in [-0.05, 0) is 55.5 Å². The fraction of sp³-hybridized carbons (Fsp3) is 0.407. The number of hydrogen-bond acceptors (Lipinski definition) is 5. The molecule has 2 aromatic carbocycles. The van der Waals surface area contributed by atoms with E-state index in [0.717, 1.165) is 53.9 Å². The Labute approximate surface area is 206 Å². The van der Waals surface area contributed by atoms with Gasteiger partial charge in [0, 0.05) is 32.2 Å². The summed E-state index contributed by atoms with van der Waals surface area (Å²) in [7, 11) is 1.68.